The highest BCUT2D eigenvalue weighted by atomic mass is 79.9. The molecule has 7 heteroatoms. The maximum atomic E-state index is 9.82. The minimum Gasteiger partial charge on any atom is -0.466 e. The molecule has 0 saturated carbocycles. The van der Waals surface area contributed by atoms with E-state index in [1.54, 1.807) is 21.1 Å². The summed E-state index contributed by atoms with van der Waals surface area (Å²) in [6.45, 7) is 5.49. The maximum absolute atomic E-state index is 9.82. The summed E-state index contributed by atoms with van der Waals surface area (Å²) in [6.07, 6.45) is -0.0648. The first-order valence-corrected chi connectivity index (χ1v) is 3.77. The minimum atomic E-state index is -0.211. The lowest BCUT2D eigenvalue weighted by molar-refractivity contribution is -0.140. The van der Waals surface area contributed by atoms with Gasteiger partial charge in [-0.05, 0) is 13.8 Å². The van der Waals surface area contributed by atoms with Crippen molar-refractivity contribution in [3.8, 4) is 0 Å². The van der Waals surface area contributed by atoms with Crippen molar-refractivity contribution in [1.82, 2.24) is 0 Å². The molecule has 15 heavy (non-hydrogen) atoms. The number of carbonyl (C=O) groups excluding carboxylic acids is 1. The van der Waals surface area contributed by atoms with E-state index in [1.807, 2.05) is 6.92 Å². The Morgan fingerprint density at radius 1 is 1.13 bits per heavy atom. The smallest absolute Gasteiger partial charge is 0.302 e. The van der Waals surface area contributed by atoms with Crippen LogP contribution in [0, 0.1) is 0 Å². The third-order valence-electron chi connectivity index (χ3n) is 1.01. The minimum absolute atomic E-state index is 0. The van der Waals surface area contributed by atoms with E-state index in [-0.39, 0.29) is 63.2 Å². The standard InChI is InChI=1S/C4H10O2.C4H8O2.3BrH/c1-4(5-2)6-3;1-3-6-4(2)5;;;/h4H,1-3H3;3H2,1-2H3;3*1H. The number of esters is 1. The molecule has 0 aliphatic carbocycles. The van der Waals surface area contributed by atoms with E-state index in [4.69, 9.17) is 0 Å². The summed E-state index contributed by atoms with van der Waals surface area (Å²) in [4.78, 5) is 9.82. The van der Waals surface area contributed by atoms with Crippen LogP contribution in [0.5, 0.6) is 0 Å². The zero-order valence-electron chi connectivity index (χ0n) is 9.64. The highest BCUT2D eigenvalue weighted by Crippen LogP contribution is 1.82. The lowest BCUT2D eigenvalue weighted by atomic mass is 10.8. The van der Waals surface area contributed by atoms with Crippen LogP contribution in [-0.4, -0.2) is 33.1 Å². The predicted octanol–water partition coefficient (Wildman–Crippen LogP) is 2.93. The van der Waals surface area contributed by atoms with Crippen molar-refractivity contribution >= 4 is 56.9 Å². The lowest BCUT2D eigenvalue weighted by Crippen LogP contribution is -2.05. The predicted molar refractivity (Wildman–Crippen MR) is 76.8 cm³/mol. The molecule has 0 unspecified atom stereocenters. The second kappa shape index (κ2) is 24.2. The second-order valence-electron chi connectivity index (χ2n) is 1.96. The van der Waals surface area contributed by atoms with Crippen molar-refractivity contribution in [2.75, 3.05) is 20.8 Å². The molecule has 0 saturated heterocycles. The molecule has 0 spiro atoms. The van der Waals surface area contributed by atoms with E-state index in [0.29, 0.717) is 6.61 Å². The van der Waals surface area contributed by atoms with Crippen LogP contribution in [0.4, 0.5) is 0 Å². The molecule has 0 fully saturated rings. The Morgan fingerprint density at radius 2 is 1.47 bits per heavy atom. The van der Waals surface area contributed by atoms with Crippen LogP contribution in [0.15, 0.2) is 0 Å². The van der Waals surface area contributed by atoms with Crippen molar-refractivity contribution in [2.45, 2.75) is 27.1 Å². The number of methoxy groups -OCH3 is 2. The third-order valence-corrected chi connectivity index (χ3v) is 1.01. The van der Waals surface area contributed by atoms with Gasteiger partial charge in [0.1, 0.15) is 0 Å². The number of carbonyl (C=O) groups is 1. The molecule has 0 atom stereocenters. The fraction of sp³-hybridized carbons (Fsp3) is 0.875. The Bertz CT molecular complexity index is 110. The van der Waals surface area contributed by atoms with Gasteiger partial charge in [0.25, 0.3) is 0 Å². The van der Waals surface area contributed by atoms with Gasteiger partial charge in [0, 0.05) is 21.1 Å². The SMILES string of the molecule is Br.Br.Br.CCOC(C)=O.COC(C)OC. The van der Waals surface area contributed by atoms with Crippen LogP contribution in [0.25, 0.3) is 0 Å². The molecular formula is C8H21Br3O4. The molecule has 0 aliphatic heterocycles. The first kappa shape index (κ1) is 29.7. The number of hydrogen-bond acceptors (Lipinski definition) is 4. The molecule has 0 aliphatic rings. The van der Waals surface area contributed by atoms with Crippen LogP contribution in [0.1, 0.15) is 20.8 Å². The molecule has 0 aromatic heterocycles. The van der Waals surface area contributed by atoms with Gasteiger partial charge < -0.3 is 14.2 Å². The number of hydrogen-bond donors (Lipinski definition) is 0. The molecular weight excluding hydrogens is 400 g/mol. The van der Waals surface area contributed by atoms with Gasteiger partial charge in [0.2, 0.25) is 0 Å². The van der Waals surface area contributed by atoms with E-state index in [2.05, 4.69) is 14.2 Å². The van der Waals surface area contributed by atoms with E-state index in [9.17, 15) is 4.79 Å². The summed E-state index contributed by atoms with van der Waals surface area (Å²) in [7, 11) is 3.21. The highest BCUT2D eigenvalue weighted by Gasteiger charge is 1.87. The van der Waals surface area contributed by atoms with Crippen LogP contribution in [0.2, 0.25) is 0 Å². The van der Waals surface area contributed by atoms with Crippen molar-refractivity contribution in [2.24, 2.45) is 0 Å². The van der Waals surface area contributed by atoms with Crippen LogP contribution < -0.4 is 0 Å². The zero-order chi connectivity index (χ0) is 9.98. The molecule has 0 N–H and O–H groups in total. The molecule has 0 aromatic rings. The van der Waals surface area contributed by atoms with E-state index >= 15 is 0 Å². The van der Waals surface area contributed by atoms with E-state index < -0.39 is 0 Å². The average Bonchev–Trinajstić information content (AvgIpc) is 2.04. The fourth-order valence-corrected chi connectivity index (χ4v) is 0.299. The summed E-state index contributed by atoms with van der Waals surface area (Å²) in [6, 6.07) is 0. The molecule has 0 rings (SSSR count). The van der Waals surface area contributed by atoms with E-state index in [0.717, 1.165) is 0 Å². The molecule has 98 valence electrons. The van der Waals surface area contributed by atoms with Gasteiger partial charge >= 0.3 is 5.97 Å². The zero-order valence-corrected chi connectivity index (χ0v) is 14.8. The van der Waals surface area contributed by atoms with Crippen molar-refractivity contribution in [1.29, 1.82) is 0 Å². The Hall–Kier alpha value is 0.830. The fourth-order valence-electron chi connectivity index (χ4n) is 0.299. The summed E-state index contributed by atoms with van der Waals surface area (Å²) in [5.41, 5.74) is 0. The Kier molecular flexibility index (Phi) is 47.9. The largest absolute Gasteiger partial charge is 0.466 e. The van der Waals surface area contributed by atoms with Gasteiger partial charge in [0.15, 0.2) is 6.29 Å². The Balaban J connectivity index is -0.0000000370. The number of halogens is 3. The molecule has 0 radical (unpaired) electrons. The first-order valence-electron chi connectivity index (χ1n) is 3.77. The van der Waals surface area contributed by atoms with E-state index in [1.165, 1.54) is 6.92 Å². The summed E-state index contributed by atoms with van der Waals surface area (Å²) >= 11 is 0. The van der Waals surface area contributed by atoms with Crippen LogP contribution in [-0.2, 0) is 19.0 Å². The Morgan fingerprint density at radius 3 is 1.47 bits per heavy atom. The van der Waals surface area contributed by atoms with Gasteiger partial charge in [-0.25, -0.2) is 0 Å². The molecule has 4 nitrogen and oxygen atoms in total. The molecule has 0 amide bonds. The summed E-state index contributed by atoms with van der Waals surface area (Å²) in [5, 5.41) is 0. The van der Waals surface area contributed by atoms with Crippen LogP contribution >= 0.6 is 50.9 Å². The van der Waals surface area contributed by atoms with Crippen LogP contribution in [0.3, 0.4) is 0 Å². The van der Waals surface area contributed by atoms with Gasteiger partial charge in [-0.2, -0.15) is 0 Å². The highest BCUT2D eigenvalue weighted by molar-refractivity contribution is 8.93. The first-order chi connectivity index (χ1) is 5.58. The van der Waals surface area contributed by atoms with Gasteiger partial charge in [-0.15, -0.1) is 50.9 Å². The van der Waals surface area contributed by atoms with Gasteiger partial charge in [-0.3, -0.25) is 4.79 Å². The second-order valence-corrected chi connectivity index (χ2v) is 1.96. The van der Waals surface area contributed by atoms with Crippen molar-refractivity contribution in [3.05, 3.63) is 0 Å². The average molecular weight is 421 g/mol. The molecule has 0 heterocycles. The monoisotopic (exact) mass is 418 g/mol. The number of ether oxygens (including phenoxy) is 3. The van der Waals surface area contributed by atoms with Crippen molar-refractivity contribution in [3.63, 3.8) is 0 Å². The quantitative estimate of drug-likeness (QED) is 0.520. The lowest BCUT2D eigenvalue weighted by Gasteiger charge is -2.03. The number of rotatable bonds is 3. The maximum Gasteiger partial charge on any atom is 0.302 e. The third kappa shape index (κ3) is 39.8. The normalized spacial score (nSPS) is 7.07. The van der Waals surface area contributed by atoms with Crippen molar-refractivity contribution < 1.29 is 19.0 Å². The topological polar surface area (TPSA) is 44.8 Å². The van der Waals surface area contributed by atoms with Gasteiger partial charge in [0.05, 0.1) is 6.61 Å². The molecule has 0 aromatic carbocycles. The molecule has 0 bridgehead atoms. The Labute approximate surface area is 123 Å². The summed E-state index contributed by atoms with van der Waals surface area (Å²) in [5.74, 6) is -0.211. The summed E-state index contributed by atoms with van der Waals surface area (Å²) < 4.78 is 13.8. The van der Waals surface area contributed by atoms with Gasteiger partial charge in [-0.1, -0.05) is 0 Å².